The smallest absolute Gasteiger partial charge is 0.379 e. The van der Waals surface area contributed by atoms with Crippen LogP contribution in [0.3, 0.4) is 0 Å². The highest BCUT2D eigenvalue weighted by molar-refractivity contribution is 5.79. The van der Waals surface area contributed by atoms with E-state index >= 15 is 0 Å². The molecule has 0 heterocycles. The molecule has 6 heteroatoms. The van der Waals surface area contributed by atoms with Gasteiger partial charge in [-0.25, -0.2) is 4.79 Å². The Labute approximate surface area is 139 Å². The van der Waals surface area contributed by atoms with E-state index in [1.165, 1.54) is 26.2 Å². The van der Waals surface area contributed by atoms with Crippen LogP contribution in [0.4, 0.5) is 14.5 Å². The van der Waals surface area contributed by atoms with Crippen molar-refractivity contribution < 1.29 is 23.0 Å². The average Bonchev–Trinajstić information content (AvgIpc) is 2.61. The second kappa shape index (κ2) is 7.77. The molecule has 2 rings (SSSR count). The lowest BCUT2D eigenvalue weighted by atomic mass is 10.00. The molecule has 0 fully saturated rings. The Balaban J connectivity index is 2.34. The standard InChI is InChI=1S/C18H19F2NO3/c1-3-24-17(22)18(19,20)16(13-7-5-4-6-8-13)21-14-9-11-15(23-2)12-10-14/h4-12,16,21H,3H2,1-2H3. The largest absolute Gasteiger partial charge is 0.497 e. The van der Waals surface area contributed by atoms with Gasteiger partial charge in [-0.3, -0.25) is 0 Å². The van der Waals surface area contributed by atoms with Gasteiger partial charge in [0.1, 0.15) is 11.8 Å². The first-order chi connectivity index (χ1) is 11.5. The van der Waals surface area contributed by atoms with Crippen LogP contribution >= 0.6 is 0 Å². The van der Waals surface area contributed by atoms with Crippen LogP contribution in [0.15, 0.2) is 54.6 Å². The lowest BCUT2D eigenvalue weighted by Gasteiger charge is -2.27. The van der Waals surface area contributed by atoms with Crippen LogP contribution in [0.5, 0.6) is 5.75 Å². The Morgan fingerprint density at radius 2 is 1.75 bits per heavy atom. The highest BCUT2D eigenvalue weighted by atomic mass is 19.3. The predicted octanol–water partition coefficient (Wildman–Crippen LogP) is 4.05. The number of benzene rings is 2. The molecule has 0 amide bonds. The Kier molecular flexibility index (Phi) is 5.73. The maximum Gasteiger partial charge on any atom is 0.379 e. The van der Waals surface area contributed by atoms with E-state index in [9.17, 15) is 13.6 Å². The topological polar surface area (TPSA) is 47.6 Å². The molecule has 0 aliphatic rings. The first-order valence-corrected chi connectivity index (χ1v) is 7.49. The number of rotatable bonds is 7. The summed E-state index contributed by atoms with van der Waals surface area (Å²) >= 11 is 0. The fourth-order valence-electron chi connectivity index (χ4n) is 2.23. The number of esters is 1. The van der Waals surface area contributed by atoms with Crippen LogP contribution in [0.1, 0.15) is 18.5 Å². The van der Waals surface area contributed by atoms with Crippen molar-refractivity contribution in [2.75, 3.05) is 19.0 Å². The van der Waals surface area contributed by atoms with Gasteiger partial charge in [-0.15, -0.1) is 0 Å². The predicted molar refractivity (Wildman–Crippen MR) is 87.4 cm³/mol. The molecule has 4 nitrogen and oxygen atoms in total. The van der Waals surface area contributed by atoms with Crippen molar-refractivity contribution >= 4 is 11.7 Å². The summed E-state index contributed by atoms with van der Waals surface area (Å²) in [7, 11) is 1.52. The molecule has 0 aliphatic carbocycles. The van der Waals surface area contributed by atoms with E-state index in [2.05, 4.69) is 10.1 Å². The number of methoxy groups -OCH3 is 1. The first-order valence-electron chi connectivity index (χ1n) is 7.49. The number of carbonyl (C=O) groups excluding carboxylic acids is 1. The molecule has 0 radical (unpaired) electrons. The third-order valence-corrected chi connectivity index (χ3v) is 3.44. The quantitative estimate of drug-likeness (QED) is 0.776. The highest BCUT2D eigenvalue weighted by Gasteiger charge is 2.49. The molecule has 2 aromatic carbocycles. The molecule has 0 aliphatic heterocycles. The molecule has 0 aromatic heterocycles. The minimum atomic E-state index is -3.72. The van der Waals surface area contributed by atoms with E-state index in [4.69, 9.17) is 4.74 Å². The van der Waals surface area contributed by atoms with Crippen molar-refractivity contribution in [3.05, 3.63) is 60.2 Å². The second-order valence-corrected chi connectivity index (χ2v) is 5.06. The summed E-state index contributed by atoms with van der Waals surface area (Å²) in [4.78, 5) is 11.7. The molecule has 1 unspecified atom stereocenters. The van der Waals surface area contributed by atoms with Crippen LogP contribution in [0, 0.1) is 0 Å². The van der Waals surface area contributed by atoms with Gasteiger partial charge in [0.15, 0.2) is 0 Å². The highest BCUT2D eigenvalue weighted by Crippen LogP contribution is 2.36. The van der Waals surface area contributed by atoms with Gasteiger partial charge in [0.2, 0.25) is 0 Å². The van der Waals surface area contributed by atoms with Gasteiger partial charge in [-0.05, 0) is 36.8 Å². The number of carbonyl (C=O) groups is 1. The van der Waals surface area contributed by atoms with Gasteiger partial charge in [0.25, 0.3) is 0 Å². The molecule has 1 N–H and O–H groups in total. The Hall–Kier alpha value is -2.63. The summed E-state index contributed by atoms with van der Waals surface area (Å²) < 4.78 is 38.8. The molecule has 0 bridgehead atoms. The normalized spacial score (nSPS) is 12.3. The Morgan fingerprint density at radius 3 is 2.29 bits per heavy atom. The van der Waals surface area contributed by atoms with Gasteiger partial charge in [0.05, 0.1) is 13.7 Å². The molecule has 1 atom stereocenters. The zero-order chi connectivity index (χ0) is 17.6. The van der Waals surface area contributed by atoms with Gasteiger partial charge in [0, 0.05) is 5.69 Å². The Morgan fingerprint density at radius 1 is 1.12 bits per heavy atom. The van der Waals surface area contributed by atoms with E-state index in [0.717, 1.165) is 0 Å². The monoisotopic (exact) mass is 335 g/mol. The first kappa shape index (κ1) is 17.7. The number of halogens is 2. The third kappa shape index (κ3) is 4.01. The van der Waals surface area contributed by atoms with Gasteiger partial charge in [-0.2, -0.15) is 8.78 Å². The van der Waals surface area contributed by atoms with Crippen molar-refractivity contribution in [3.8, 4) is 5.75 Å². The molecule has 128 valence electrons. The van der Waals surface area contributed by atoms with Crippen LogP contribution in [0.25, 0.3) is 0 Å². The summed E-state index contributed by atoms with van der Waals surface area (Å²) in [6, 6.07) is 13.0. The van der Waals surface area contributed by atoms with Crippen molar-refractivity contribution in [1.82, 2.24) is 0 Å². The molecular weight excluding hydrogens is 316 g/mol. The fraction of sp³-hybridized carbons (Fsp3) is 0.278. The zero-order valence-corrected chi connectivity index (χ0v) is 13.5. The lowest BCUT2D eigenvalue weighted by molar-refractivity contribution is -0.173. The third-order valence-electron chi connectivity index (χ3n) is 3.44. The molecule has 0 spiro atoms. The molecule has 0 saturated heterocycles. The maximum absolute atomic E-state index is 14.6. The maximum atomic E-state index is 14.6. The van der Waals surface area contributed by atoms with Gasteiger partial charge >= 0.3 is 11.9 Å². The summed E-state index contributed by atoms with van der Waals surface area (Å²) in [5.41, 5.74) is 0.722. The van der Waals surface area contributed by atoms with Crippen LogP contribution in [0.2, 0.25) is 0 Å². The lowest BCUT2D eigenvalue weighted by Crippen LogP contribution is -2.41. The van der Waals surface area contributed by atoms with E-state index in [0.29, 0.717) is 11.4 Å². The SMILES string of the molecule is CCOC(=O)C(F)(F)C(Nc1ccc(OC)cc1)c1ccccc1. The Bertz CT molecular complexity index is 660. The average molecular weight is 335 g/mol. The number of ether oxygens (including phenoxy) is 2. The minimum Gasteiger partial charge on any atom is -0.497 e. The van der Waals surface area contributed by atoms with Crippen LogP contribution in [-0.4, -0.2) is 25.6 Å². The fourth-order valence-corrected chi connectivity index (χ4v) is 2.23. The minimum absolute atomic E-state index is 0.113. The van der Waals surface area contributed by atoms with E-state index < -0.39 is 17.9 Å². The van der Waals surface area contributed by atoms with Gasteiger partial charge < -0.3 is 14.8 Å². The van der Waals surface area contributed by atoms with E-state index in [-0.39, 0.29) is 12.2 Å². The molecular formula is C18H19F2NO3. The summed E-state index contributed by atoms with van der Waals surface area (Å²) in [5.74, 6) is -4.68. The zero-order valence-electron chi connectivity index (χ0n) is 13.5. The number of hydrogen-bond acceptors (Lipinski definition) is 4. The van der Waals surface area contributed by atoms with Crippen molar-refractivity contribution in [3.63, 3.8) is 0 Å². The van der Waals surface area contributed by atoms with Crippen molar-refractivity contribution in [1.29, 1.82) is 0 Å². The molecule has 0 saturated carbocycles. The van der Waals surface area contributed by atoms with E-state index in [1.54, 1.807) is 42.5 Å². The molecule has 2 aromatic rings. The van der Waals surface area contributed by atoms with Crippen molar-refractivity contribution in [2.45, 2.75) is 18.9 Å². The summed E-state index contributed by atoms with van der Waals surface area (Å²) in [6.07, 6.45) is 0. The second-order valence-electron chi connectivity index (χ2n) is 5.06. The summed E-state index contributed by atoms with van der Waals surface area (Å²) in [6.45, 7) is 1.38. The number of anilines is 1. The van der Waals surface area contributed by atoms with Crippen molar-refractivity contribution in [2.24, 2.45) is 0 Å². The van der Waals surface area contributed by atoms with E-state index in [1.807, 2.05) is 0 Å². The number of nitrogens with one attached hydrogen (secondary N) is 1. The molecule has 24 heavy (non-hydrogen) atoms. The number of alkyl halides is 2. The van der Waals surface area contributed by atoms with Crippen LogP contribution < -0.4 is 10.1 Å². The summed E-state index contributed by atoms with van der Waals surface area (Å²) in [5, 5.41) is 2.72. The number of hydrogen-bond donors (Lipinski definition) is 1. The van der Waals surface area contributed by atoms with Crippen LogP contribution in [-0.2, 0) is 9.53 Å². The van der Waals surface area contributed by atoms with Gasteiger partial charge in [-0.1, -0.05) is 30.3 Å².